The van der Waals surface area contributed by atoms with Gasteiger partial charge in [0.15, 0.2) is 5.65 Å². The lowest BCUT2D eigenvalue weighted by Crippen LogP contribution is -2.48. The van der Waals surface area contributed by atoms with Crippen LogP contribution in [0.3, 0.4) is 0 Å². The molecule has 6 nitrogen and oxygen atoms in total. The second kappa shape index (κ2) is 7.05. The first-order valence-electron chi connectivity index (χ1n) is 8.68. The molecule has 0 saturated carbocycles. The van der Waals surface area contributed by atoms with Crippen LogP contribution in [0.25, 0.3) is 5.65 Å². The molecule has 3 aromatic rings. The fourth-order valence-electron chi connectivity index (χ4n) is 3.41. The molecule has 1 aromatic carbocycles. The zero-order valence-corrected chi connectivity index (χ0v) is 15.4. The minimum atomic E-state index is 0.0126. The predicted molar refractivity (Wildman–Crippen MR) is 100 cm³/mol. The van der Waals surface area contributed by atoms with Crippen LogP contribution in [0.4, 0.5) is 0 Å². The molecule has 0 atom stereocenters. The van der Waals surface area contributed by atoms with Crippen molar-refractivity contribution in [3.05, 3.63) is 64.6 Å². The van der Waals surface area contributed by atoms with Crippen molar-refractivity contribution in [3.8, 4) is 0 Å². The van der Waals surface area contributed by atoms with Gasteiger partial charge in [0.25, 0.3) is 5.91 Å². The highest BCUT2D eigenvalue weighted by molar-refractivity contribution is 6.30. The van der Waals surface area contributed by atoms with Gasteiger partial charge in [0.05, 0.1) is 5.69 Å². The lowest BCUT2D eigenvalue weighted by Gasteiger charge is -2.34. The standard InChI is InChI=1S/C19H20ClN5O/c1-14-17(18-21-6-3-7-25(18)22-14)19(26)24-10-8-23(9-11-24)13-15-4-2-5-16(20)12-15/h2-7,12H,8-11,13H2,1H3. The summed E-state index contributed by atoms with van der Waals surface area (Å²) in [5, 5.41) is 5.15. The summed E-state index contributed by atoms with van der Waals surface area (Å²) in [7, 11) is 0. The first-order valence-corrected chi connectivity index (χ1v) is 9.05. The number of piperazine rings is 1. The third kappa shape index (κ3) is 3.30. The Labute approximate surface area is 157 Å². The van der Waals surface area contributed by atoms with Gasteiger partial charge in [-0.1, -0.05) is 23.7 Å². The Morgan fingerprint density at radius 1 is 1.19 bits per heavy atom. The van der Waals surface area contributed by atoms with E-state index in [0.29, 0.717) is 24.3 Å². The number of aromatic nitrogens is 3. The van der Waals surface area contributed by atoms with Gasteiger partial charge in [0, 0.05) is 50.1 Å². The molecule has 4 rings (SSSR count). The topological polar surface area (TPSA) is 53.7 Å². The summed E-state index contributed by atoms with van der Waals surface area (Å²) < 4.78 is 1.66. The summed E-state index contributed by atoms with van der Waals surface area (Å²) in [6.45, 7) is 5.77. The fourth-order valence-corrected chi connectivity index (χ4v) is 3.62. The summed E-state index contributed by atoms with van der Waals surface area (Å²) >= 11 is 6.06. The second-order valence-electron chi connectivity index (χ2n) is 6.55. The van der Waals surface area contributed by atoms with Crippen molar-refractivity contribution in [2.24, 2.45) is 0 Å². The molecule has 3 heterocycles. The maximum Gasteiger partial charge on any atom is 0.259 e. The predicted octanol–water partition coefficient (Wildman–Crippen LogP) is 2.65. The molecular formula is C19H20ClN5O. The summed E-state index contributed by atoms with van der Waals surface area (Å²) in [6.07, 6.45) is 3.51. The van der Waals surface area contributed by atoms with Gasteiger partial charge in [0.2, 0.25) is 0 Å². The monoisotopic (exact) mass is 369 g/mol. The average molecular weight is 370 g/mol. The maximum absolute atomic E-state index is 13.0. The van der Waals surface area contributed by atoms with Crippen molar-refractivity contribution < 1.29 is 4.79 Å². The summed E-state index contributed by atoms with van der Waals surface area (Å²) in [5.41, 5.74) is 3.14. The molecule has 1 aliphatic rings. The number of carbonyl (C=O) groups is 1. The van der Waals surface area contributed by atoms with Crippen molar-refractivity contribution in [1.82, 2.24) is 24.4 Å². The SMILES string of the molecule is Cc1nn2cccnc2c1C(=O)N1CCN(Cc2cccc(Cl)c2)CC1. The van der Waals surface area contributed by atoms with Gasteiger partial charge in [0.1, 0.15) is 5.56 Å². The molecule has 1 saturated heterocycles. The van der Waals surface area contributed by atoms with Crippen molar-refractivity contribution in [2.75, 3.05) is 26.2 Å². The molecule has 26 heavy (non-hydrogen) atoms. The second-order valence-corrected chi connectivity index (χ2v) is 6.98. The van der Waals surface area contributed by atoms with E-state index in [4.69, 9.17) is 11.6 Å². The molecule has 0 N–H and O–H groups in total. The molecular weight excluding hydrogens is 350 g/mol. The smallest absolute Gasteiger partial charge is 0.259 e. The third-order valence-corrected chi connectivity index (χ3v) is 4.97. The quantitative estimate of drug-likeness (QED) is 0.712. The van der Waals surface area contributed by atoms with Crippen LogP contribution in [0.1, 0.15) is 21.6 Å². The van der Waals surface area contributed by atoms with E-state index in [-0.39, 0.29) is 5.91 Å². The number of fused-ring (bicyclic) bond motifs is 1. The molecule has 0 spiro atoms. The summed E-state index contributed by atoms with van der Waals surface area (Å²) in [4.78, 5) is 21.6. The molecule has 0 unspecified atom stereocenters. The van der Waals surface area contributed by atoms with Crippen LogP contribution in [0, 0.1) is 6.92 Å². The van der Waals surface area contributed by atoms with Gasteiger partial charge in [-0.05, 0) is 30.7 Å². The van der Waals surface area contributed by atoms with E-state index < -0.39 is 0 Å². The Morgan fingerprint density at radius 2 is 2.00 bits per heavy atom. The van der Waals surface area contributed by atoms with E-state index in [1.807, 2.05) is 42.3 Å². The van der Waals surface area contributed by atoms with Crippen LogP contribution in [0.5, 0.6) is 0 Å². The number of rotatable bonds is 3. The number of amides is 1. The molecule has 0 bridgehead atoms. The van der Waals surface area contributed by atoms with Crippen LogP contribution in [0.2, 0.25) is 5.02 Å². The van der Waals surface area contributed by atoms with Crippen molar-refractivity contribution >= 4 is 23.2 Å². The number of carbonyl (C=O) groups excluding carboxylic acids is 1. The van der Waals surface area contributed by atoms with Gasteiger partial charge < -0.3 is 4.90 Å². The number of hydrogen-bond donors (Lipinski definition) is 0. The van der Waals surface area contributed by atoms with Crippen molar-refractivity contribution in [1.29, 1.82) is 0 Å². The minimum Gasteiger partial charge on any atom is -0.336 e. The number of halogens is 1. The van der Waals surface area contributed by atoms with E-state index in [1.165, 1.54) is 5.56 Å². The Hall–Kier alpha value is -2.44. The zero-order chi connectivity index (χ0) is 18.1. The Kier molecular flexibility index (Phi) is 4.61. The molecule has 1 amide bonds. The molecule has 134 valence electrons. The highest BCUT2D eigenvalue weighted by Crippen LogP contribution is 2.18. The highest BCUT2D eigenvalue weighted by Gasteiger charge is 2.26. The van der Waals surface area contributed by atoms with Gasteiger partial charge >= 0.3 is 0 Å². The number of nitrogens with zero attached hydrogens (tertiary/aromatic N) is 5. The Balaban J connectivity index is 1.44. The van der Waals surface area contributed by atoms with Crippen LogP contribution in [-0.4, -0.2) is 56.5 Å². The minimum absolute atomic E-state index is 0.0126. The van der Waals surface area contributed by atoms with Gasteiger partial charge in [-0.15, -0.1) is 0 Å². The number of aryl methyl sites for hydroxylation is 1. The van der Waals surface area contributed by atoms with Crippen LogP contribution >= 0.6 is 11.6 Å². The first-order chi connectivity index (χ1) is 12.6. The third-order valence-electron chi connectivity index (χ3n) is 4.74. The van der Waals surface area contributed by atoms with Crippen LogP contribution in [-0.2, 0) is 6.54 Å². The molecule has 7 heteroatoms. The zero-order valence-electron chi connectivity index (χ0n) is 14.6. The van der Waals surface area contributed by atoms with Gasteiger partial charge in [-0.2, -0.15) is 5.10 Å². The number of benzene rings is 1. The normalized spacial score (nSPS) is 15.5. The van der Waals surface area contributed by atoms with Crippen LogP contribution in [0.15, 0.2) is 42.7 Å². The number of hydrogen-bond acceptors (Lipinski definition) is 4. The highest BCUT2D eigenvalue weighted by atomic mass is 35.5. The Bertz CT molecular complexity index is 946. The average Bonchev–Trinajstić information content (AvgIpc) is 2.97. The van der Waals surface area contributed by atoms with Crippen molar-refractivity contribution in [3.63, 3.8) is 0 Å². The summed E-state index contributed by atoms with van der Waals surface area (Å²) in [5.74, 6) is 0.0126. The van der Waals surface area contributed by atoms with Crippen molar-refractivity contribution in [2.45, 2.75) is 13.5 Å². The lowest BCUT2D eigenvalue weighted by molar-refractivity contribution is 0.0629. The van der Waals surface area contributed by atoms with E-state index in [0.717, 1.165) is 30.4 Å². The van der Waals surface area contributed by atoms with E-state index in [1.54, 1.807) is 10.7 Å². The van der Waals surface area contributed by atoms with E-state index >= 15 is 0 Å². The fraction of sp³-hybridized carbons (Fsp3) is 0.316. The molecule has 2 aromatic heterocycles. The molecule has 0 radical (unpaired) electrons. The van der Waals surface area contributed by atoms with E-state index in [2.05, 4.69) is 21.0 Å². The maximum atomic E-state index is 13.0. The van der Waals surface area contributed by atoms with Gasteiger partial charge in [-0.25, -0.2) is 9.50 Å². The lowest BCUT2D eigenvalue weighted by atomic mass is 10.1. The largest absolute Gasteiger partial charge is 0.336 e. The van der Waals surface area contributed by atoms with E-state index in [9.17, 15) is 4.79 Å². The molecule has 1 aliphatic heterocycles. The summed E-state index contributed by atoms with van der Waals surface area (Å²) in [6, 6.07) is 9.74. The molecule has 0 aliphatic carbocycles. The van der Waals surface area contributed by atoms with Crippen LogP contribution < -0.4 is 0 Å². The Morgan fingerprint density at radius 3 is 2.77 bits per heavy atom. The first kappa shape index (κ1) is 17.0. The van der Waals surface area contributed by atoms with Gasteiger partial charge in [-0.3, -0.25) is 9.69 Å². The molecule has 1 fully saturated rings.